The molecule has 0 amide bonds. The van der Waals surface area contributed by atoms with Crippen LogP contribution in [0, 0.1) is 0 Å². The summed E-state index contributed by atoms with van der Waals surface area (Å²) < 4.78 is 25.7. The number of halogens is 2. The molecular weight excluding hydrogens is 190 g/mol. The lowest BCUT2D eigenvalue weighted by Crippen LogP contribution is -2.33. The second-order valence-electron chi connectivity index (χ2n) is 3.78. The lowest BCUT2D eigenvalue weighted by Gasteiger charge is -2.30. The lowest BCUT2D eigenvalue weighted by atomic mass is 9.81. The second-order valence-corrected chi connectivity index (χ2v) is 3.78. The Morgan fingerprint density at radius 3 is 2.93 bits per heavy atom. The SMILES string of the molecule is [O]C1CC(F)(F)CCC1c1cn[nH]c1. The largest absolute Gasteiger partial charge is 0.285 e. The average molecular weight is 201 g/mol. The van der Waals surface area contributed by atoms with Crippen LogP contribution < -0.4 is 0 Å². The Hall–Kier alpha value is -0.970. The molecule has 77 valence electrons. The van der Waals surface area contributed by atoms with Gasteiger partial charge in [0.05, 0.1) is 6.20 Å². The van der Waals surface area contributed by atoms with Crippen LogP contribution in [-0.4, -0.2) is 22.2 Å². The molecule has 0 bridgehead atoms. The minimum Gasteiger partial charge on any atom is -0.285 e. The monoisotopic (exact) mass is 201 g/mol. The van der Waals surface area contributed by atoms with Crippen molar-refractivity contribution in [2.45, 2.75) is 37.2 Å². The molecule has 0 spiro atoms. The van der Waals surface area contributed by atoms with Gasteiger partial charge in [-0.05, 0) is 12.0 Å². The van der Waals surface area contributed by atoms with Crippen molar-refractivity contribution in [1.29, 1.82) is 0 Å². The summed E-state index contributed by atoms with van der Waals surface area (Å²) in [4.78, 5) is 0. The highest BCUT2D eigenvalue weighted by molar-refractivity contribution is 5.14. The summed E-state index contributed by atoms with van der Waals surface area (Å²) in [6, 6.07) is 0. The highest BCUT2D eigenvalue weighted by atomic mass is 19.3. The predicted molar refractivity (Wildman–Crippen MR) is 44.6 cm³/mol. The molecule has 1 heterocycles. The molecule has 14 heavy (non-hydrogen) atoms. The Balaban J connectivity index is 2.10. The Kier molecular flexibility index (Phi) is 2.26. The van der Waals surface area contributed by atoms with Gasteiger partial charge in [-0.25, -0.2) is 13.9 Å². The van der Waals surface area contributed by atoms with Crippen LogP contribution in [0.4, 0.5) is 8.78 Å². The van der Waals surface area contributed by atoms with Gasteiger partial charge in [0.25, 0.3) is 5.92 Å². The van der Waals surface area contributed by atoms with Gasteiger partial charge >= 0.3 is 0 Å². The Bertz CT molecular complexity index is 300. The summed E-state index contributed by atoms with van der Waals surface area (Å²) in [5.74, 6) is -3.08. The van der Waals surface area contributed by atoms with Crippen LogP contribution in [0.1, 0.15) is 30.7 Å². The van der Waals surface area contributed by atoms with E-state index in [1.54, 1.807) is 12.4 Å². The van der Waals surface area contributed by atoms with E-state index < -0.39 is 18.4 Å². The number of hydrogen-bond acceptors (Lipinski definition) is 1. The number of hydrogen-bond donors (Lipinski definition) is 1. The molecule has 1 aromatic heterocycles. The molecule has 5 heteroatoms. The third kappa shape index (κ3) is 1.77. The van der Waals surface area contributed by atoms with Gasteiger partial charge in [-0.1, -0.05) is 0 Å². The first kappa shape index (κ1) is 9.58. The summed E-state index contributed by atoms with van der Waals surface area (Å²) in [6.45, 7) is 0. The van der Waals surface area contributed by atoms with Crippen molar-refractivity contribution in [3.8, 4) is 0 Å². The Morgan fingerprint density at radius 1 is 1.57 bits per heavy atom. The molecule has 2 atom stereocenters. The predicted octanol–water partition coefficient (Wildman–Crippen LogP) is 2.11. The fraction of sp³-hybridized carbons (Fsp3) is 0.667. The van der Waals surface area contributed by atoms with Crippen molar-refractivity contribution in [3.63, 3.8) is 0 Å². The Morgan fingerprint density at radius 2 is 2.36 bits per heavy atom. The first-order valence-electron chi connectivity index (χ1n) is 4.61. The fourth-order valence-corrected chi connectivity index (χ4v) is 1.94. The molecule has 1 N–H and O–H groups in total. The third-order valence-corrected chi connectivity index (χ3v) is 2.72. The zero-order valence-corrected chi connectivity index (χ0v) is 7.54. The Labute approximate surface area is 80.1 Å². The van der Waals surface area contributed by atoms with Crippen LogP contribution in [0.5, 0.6) is 0 Å². The normalized spacial score (nSPS) is 31.6. The molecule has 1 saturated carbocycles. The van der Waals surface area contributed by atoms with Crippen molar-refractivity contribution in [3.05, 3.63) is 18.0 Å². The van der Waals surface area contributed by atoms with Gasteiger partial charge in [0.15, 0.2) is 0 Å². The second kappa shape index (κ2) is 3.31. The molecule has 0 saturated heterocycles. The minimum absolute atomic E-state index is 0.193. The molecule has 0 aliphatic heterocycles. The molecule has 2 rings (SSSR count). The zero-order valence-electron chi connectivity index (χ0n) is 7.54. The van der Waals surface area contributed by atoms with Gasteiger partial charge < -0.3 is 0 Å². The van der Waals surface area contributed by atoms with Crippen LogP contribution in [0.15, 0.2) is 12.4 Å². The number of nitrogens with one attached hydrogen (secondary N) is 1. The molecule has 0 aromatic carbocycles. The molecule has 1 radical (unpaired) electrons. The van der Waals surface area contributed by atoms with E-state index in [4.69, 9.17) is 0 Å². The molecule has 2 unspecified atom stereocenters. The molecular formula is C9H11F2N2O. The van der Waals surface area contributed by atoms with Crippen molar-refractivity contribution < 1.29 is 13.9 Å². The summed E-state index contributed by atoms with van der Waals surface area (Å²) in [5, 5.41) is 17.8. The highest BCUT2D eigenvalue weighted by Crippen LogP contribution is 2.40. The van der Waals surface area contributed by atoms with E-state index in [9.17, 15) is 13.9 Å². The number of aromatic amines is 1. The molecule has 1 aliphatic carbocycles. The molecule has 1 aliphatic rings. The lowest BCUT2D eigenvalue weighted by molar-refractivity contribution is -0.102. The van der Waals surface area contributed by atoms with Gasteiger partial charge in [-0.15, -0.1) is 0 Å². The van der Waals surface area contributed by atoms with Gasteiger partial charge in [-0.2, -0.15) is 5.10 Å². The number of rotatable bonds is 1. The smallest absolute Gasteiger partial charge is 0.250 e. The number of nitrogens with zero attached hydrogens (tertiary/aromatic N) is 1. The zero-order chi connectivity index (χ0) is 10.2. The van der Waals surface area contributed by atoms with E-state index in [1.165, 1.54) is 0 Å². The van der Waals surface area contributed by atoms with Crippen molar-refractivity contribution in [2.24, 2.45) is 0 Å². The number of aromatic nitrogens is 2. The van der Waals surface area contributed by atoms with Crippen LogP contribution in [0.2, 0.25) is 0 Å². The first-order chi connectivity index (χ1) is 6.58. The van der Waals surface area contributed by atoms with Gasteiger partial charge in [0.2, 0.25) is 0 Å². The molecule has 1 aromatic rings. The third-order valence-electron chi connectivity index (χ3n) is 2.72. The van der Waals surface area contributed by atoms with E-state index in [1.807, 2.05) is 0 Å². The van der Waals surface area contributed by atoms with Crippen molar-refractivity contribution in [1.82, 2.24) is 10.2 Å². The van der Waals surface area contributed by atoms with E-state index in [0.29, 0.717) is 0 Å². The summed E-state index contributed by atoms with van der Waals surface area (Å²) in [6.07, 6.45) is 1.44. The maximum Gasteiger partial charge on any atom is 0.250 e. The average Bonchev–Trinajstić information content (AvgIpc) is 2.54. The van der Waals surface area contributed by atoms with Crippen LogP contribution in [0.25, 0.3) is 0 Å². The van der Waals surface area contributed by atoms with Crippen molar-refractivity contribution in [2.75, 3.05) is 0 Å². The quantitative estimate of drug-likeness (QED) is 0.743. The minimum atomic E-state index is -2.77. The maximum absolute atomic E-state index is 12.8. The van der Waals surface area contributed by atoms with Gasteiger partial charge in [-0.3, -0.25) is 5.10 Å². The topological polar surface area (TPSA) is 48.6 Å². The summed E-state index contributed by atoms with van der Waals surface area (Å²) in [5.41, 5.74) is 0.750. The van der Waals surface area contributed by atoms with Gasteiger partial charge in [0, 0.05) is 25.0 Å². The van der Waals surface area contributed by atoms with E-state index in [2.05, 4.69) is 10.2 Å². The molecule has 1 fully saturated rings. The maximum atomic E-state index is 12.8. The van der Waals surface area contributed by atoms with Crippen LogP contribution in [-0.2, 0) is 5.11 Å². The van der Waals surface area contributed by atoms with Crippen molar-refractivity contribution >= 4 is 0 Å². The van der Waals surface area contributed by atoms with E-state index >= 15 is 0 Å². The highest BCUT2D eigenvalue weighted by Gasteiger charge is 2.42. The van der Waals surface area contributed by atoms with Crippen LogP contribution >= 0.6 is 0 Å². The van der Waals surface area contributed by atoms with E-state index in [0.717, 1.165) is 5.56 Å². The summed E-state index contributed by atoms with van der Waals surface area (Å²) >= 11 is 0. The number of alkyl halides is 2. The van der Waals surface area contributed by atoms with E-state index in [-0.39, 0.29) is 18.8 Å². The van der Waals surface area contributed by atoms with Gasteiger partial charge in [0.1, 0.15) is 6.10 Å². The first-order valence-corrected chi connectivity index (χ1v) is 4.61. The number of H-pyrrole nitrogens is 1. The van der Waals surface area contributed by atoms with Crippen LogP contribution in [0.3, 0.4) is 0 Å². The summed E-state index contributed by atoms with van der Waals surface area (Å²) in [7, 11) is 0. The standard InChI is InChI=1S/C9H11F2N2O/c10-9(11)2-1-7(8(14)3-9)6-4-12-13-5-6/h4-5,7-8H,1-3H2,(H,12,13). The fourth-order valence-electron chi connectivity index (χ4n) is 1.94. The molecule has 3 nitrogen and oxygen atoms in total.